The maximum Gasteiger partial charge on any atom is 0.414 e. The second kappa shape index (κ2) is 9.25. The maximum atomic E-state index is 13.3. The van der Waals surface area contributed by atoms with Gasteiger partial charge in [0.05, 0.1) is 16.5 Å². The van der Waals surface area contributed by atoms with Gasteiger partial charge in [0.2, 0.25) is 0 Å². The van der Waals surface area contributed by atoms with Gasteiger partial charge in [0.15, 0.2) is 9.84 Å². The molecule has 10 heteroatoms. The van der Waals surface area contributed by atoms with E-state index >= 15 is 0 Å². The summed E-state index contributed by atoms with van der Waals surface area (Å²) in [6.45, 7) is 8.30. The van der Waals surface area contributed by atoms with Crippen LogP contribution in [0, 0.1) is 6.92 Å². The highest BCUT2D eigenvalue weighted by molar-refractivity contribution is 7.90. The summed E-state index contributed by atoms with van der Waals surface area (Å²) in [5.74, 6) is 0.576. The molecule has 1 aromatic carbocycles. The molecule has 2 aliphatic rings. The highest BCUT2D eigenvalue weighted by Gasteiger charge is 2.33. The van der Waals surface area contributed by atoms with Crippen molar-refractivity contribution >= 4 is 33.3 Å². The van der Waals surface area contributed by atoms with E-state index < -0.39 is 15.9 Å². The van der Waals surface area contributed by atoms with Crippen molar-refractivity contribution in [1.82, 2.24) is 9.88 Å². The molecule has 0 saturated carbocycles. The number of pyridine rings is 1. The lowest BCUT2D eigenvalue weighted by atomic mass is 10.1. The van der Waals surface area contributed by atoms with Crippen molar-refractivity contribution in [3.63, 3.8) is 0 Å². The van der Waals surface area contributed by atoms with Gasteiger partial charge in [0, 0.05) is 44.3 Å². The number of anilines is 2. The highest BCUT2D eigenvalue weighted by Crippen LogP contribution is 2.29. The third-order valence-electron chi connectivity index (χ3n) is 6.34. The molecule has 0 bridgehead atoms. The van der Waals surface area contributed by atoms with Crippen molar-refractivity contribution in [2.75, 3.05) is 48.8 Å². The molecular weight excluding hydrogens is 456 g/mol. The summed E-state index contributed by atoms with van der Waals surface area (Å²) in [6.07, 6.45) is 3.35. The Morgan fingerprint density at radius 1 is 1.18 bits per heavy atom. The van der Waals surface area contributed by atoms with Gasteiger partial charge < -0.3 is 14.5 Å². The van der Waals surface area contributed by atoms with Gasteiger partial charge in [-0.1, -0.05) is 13.0 Å². The van der Waals surface area contributed by atoms with E-state index in [9.17, 15) is 18.0 Å². The van der Waals surface area contributed by atoms with Crippen LogP contribution in [-0.2, 0) is 21.0 Å². The van der Waals surface area contributed by atoms with Crippen LogP contribution < -0.4 is 9.80 Å². The lowest BCUT2D eigenvalue weighted by molar-refractivity contribution is 0.0742. The second-order valence-electron chi connectivity index (χ2n) is 8.87. The quantitative estimate of drug-likeness (QED) is 0.641. The fourth-order valence-corrected chi connectivity index (χ4v) is 5.35. The van der Waals surface area contributed by atoms with E-state index in [1.54, 1.807) is 11.0 Å². The first-order valence-electron chi connectivity index (χ1n) is 11.4. The molecule has 4 rings (SSSR count). The molecule has 1 aromatic heterocycles. The minimum atomic E-state index is -3.72. The van der Waals surface area contributed by atoms with Crippen LogP contribution in [0.25, 0.3) is 0 Å². The molecule has 34 heavy (non-hydrogen) atoms. The number of carbonyl (C=O) groups excluding carboxylic acids is 2. The number of aryl methyl sites for hydroxylation is 2. The number of nitrogens with zero attached hydrogens (tertiary/aromatic N) is 4. The van der Waals surface area contributed by atoms with Gasteiger partial charge in [-0.05, 0) is 49.6 Å². The van der Waals surface area contributed by atoms with Crippen molar-refractivity contribution in [2.24, 2.45) is 0 Å². The first-order valence-corrected chi connectivity index (χ1v) is 13.3. The minimum Gasteiger partial charge on any atom is -0.447 e. The smallest absolute Gasteiger partial charge is 0.414 e. The molecule has 3 heterocycles. The average molecular weight is 487 g/mol. The number of sulfone groups is 1. The number of amides is 2. The summed E-state index contributed by atoms with van der Waals surface area (Å²) in [6, 6.07) is 6.40. The molecule has 9 nitrogen and oxygen atoms in total. The van der Waals surface area contributed by atoms with Gasteiger partial charge in [-0.2, -0.15) is 0 Å². The first kappa shape index (κ1) is 24.0. The predicted octanol–water partition coefficient (Wildman–Crippen LogP) is 2.66. The van der Waals surface area contributed by atoms with Crippen LogP contribution in [0.2, 0.25) is 0 Å². The van der Waals surface area contributed by atoms with Gasteiger partial charge in [-0.3, -0.25) is 9.69 Å². The fraction of sp³-hybridized carbons (Fsp3) is 0.458. The van der Waals surface area contributed by atoms with Crippen LogP contribution in [0.5, 0.6) is 0 Å². The number of ether oxygens (including phenoxy) is 1. The minimum absolute atomic E-state index is 0.0861. The average Bonchev–Trinajstić information content (AvgIpc) is 3.15. The molecule has 0 aliphatic carbocycles. The zero-order valence-corrected chi connectivity index (χ0v) is 20.8. The summed E-state index contributed by atoms with van der Waals surface area (Å²) in [4.78, 5) is 35.2. The molecule has 0 radical (unpaired) electrons. The monoisotopic (exact) mass is 486 g/mol. The normalized spacial score (nSPS) is 18.9. The summed E-state index contributed by atoms with van der Waals surface area (Å²) in [7, 11) is -3.72. The fourth-order valence-electron chi connectivity index (χ4n) is 4.46. The van der Waals surface area contributed by atoms with Crippen molar-refractivity contribution in [2.45, 2.75) is 38.1 Å². The van der Waals surface area contributed by atoms with E-state index in [1.807, 2.05) is 20.0 Å². The molecule has 2 fully saturated rings. The Balaban J connectivity index is 1.55. The van der Waals surface area contributed by atoms with E-state index in [1.165, 1.54) is 22.6 Å². The third-order valence-corrected chi connectivity index (χ3v) is 7.48. The van der Waals surface area contributed by atoms with E-state index in [0.29, 0.717) is 31.9 Å². The number of carbonyl (C=O) groups is 2. The third kappa shape index (κ3) is 4.59. The van der Waals surface area contributed by atoms with Crippen molar-refractivity contribution in [1.29, 1.82) is 0 Å². The van der Waals surface area contributed by atoms with Crippen molar-refractivity contribution in [3.8, 4) is 0 Å². The van der Waals surface area contributed by atoms with Crippen LogP contribution in [-0.4, -0.2) is 75.4 Å². The van der Waals surface area contributed by atoms with Gasteiger partial charge in [0.25, 0.3) is 5.91 Å². The largest absolute Gasteiger partial charge is 0.447 e. The molecule has 0 N–H and O–H groups in total. The lowest BCUT2D eigenvalue weighted by Gasteiger charge is -2.36. The Hall–Kier alpha value is -3.14. The lowest BCUT2D eigenvalue weighted by Crippen LogP contribution is -2.49. The van der Waals surface area contributed by atoms with Crippen molar-refractivity contribution in [3.05, 3.63) is 47.2 Å². The molecular formula is C24H30N4O5S. The van der Waals surface area contributed by atoms with Crippen LogP contribution in [0.1, 0.15) is 35.3 Å². The highest BCUT2D eigenvalue weighted by atomic mass is 32.2. The summed E-state index contributed by atoms with van der Waals surface area (Å²) in [5.41, 5.74) is 2.79. The number of rotatable bonds is 5. The Kier molecular flexibility index (Phi) is 6.53. The van der Waals surface area contributed by atoms with Crippen LogP contribution in [0.4, 0.5) is 16.3 Å². The number of cyclic esters (lactones) is 1. The summed E-state index contributed by atoms with van der Waals surface area (Å²) in [5, 5.41) is 0. The first-order chi connectivity index (χ1) is 16.1. The molecule has 2 aliphatic heterocycles. The van der Waals surface area contributed by atoms with E-state index in [2.05, 4.69) is 22.9 Å². The molecule has 182 valence electrons. The molecule has 0 spiro atoms. The second-order valence-corrected chi connectivity index (χ2v) is 10.8. The number of aromatic nitrogens is 1. The number of hydrogen-bond donors (Lipinski definition) is 0. The van der Waals surface area contributed by atoms with Crippen LogP contribution >= 0.6 is 0 Å². The van der Waals surface area contributed by atoms with E-state index in [4.69, 9.17) is 4.74 Å². The Labute approximate surface area is 200 Å². The zero-order valence-electron chi connectivity index (χ0n) is 19.9. The molecule has 2 saturated heterocycles. The Morgan fingerprint density at radius 2 is 1.88 bits per heavy atom. The van der Waals surface area contributed by atoms with Crippen molar-refractivity contribution < 1.29 is 22.7 Å². The topological polar surface area (TPSA) is 100 Å². The molecule has 2 amide bonds. The van der Waals surface area contributed by atoms with Gasteiger partial charge >= 0.3 is 6.09 Å². The summed E-state index contributed by atoms with van der Waals surface area (Å²) >= 11 is 0. The van der Waals surface area contributed by atoms with Crippen LogP contribution in [0.15, 0.2) is 35.4 Å². The number of hydrogen-bond acceptors (Lipinski definition) is 7. The summed E-state index contributed by atoms with van der Waals surface area (Å²) < 4.78 is 30.2. The SMILES string of the molecule is CCc1cnc(N2CCN(C(=O)c3ccc(N4C(=O)OC[C@H]4C)cc3S(C)(=O)=O)CC2)c(C)c1. The zero-order chi connectivity index (χ0) is 24.6. The Morgan fingerprint density at radius 3 is 2.44 bits per heavy atom. The van der Waals surface area contributed by atoms with Gasteiger partial charge in [-0.25, -0.2) is 18.2 Å². The van der Waals surface area contributed by atoms with Crippen LogP contribution in [0.3, 0.4) is 0 Å². The molecule has 1 atom stereocenters. The predicted molar refractivity (Wildman–Crippen MR) is 129 cm³/mol. The Bertz CT molecular complexity index is 1220. The van der Waals surface area contributed by atoms with E-state index in [-0.39, 0.29) is 29.0 Å². The van der Waals surface area contributed by atoms with Gasteiger partial charge in [-0.15, -0.1) is 0 Å². The maximum absolute atomic E-state index is 13.3. The number of benzene rings is 1. The standard InChI is InChI=1S/C24H30N4O5S/c1-5-18-12-16(2)22(25-14-18)26-8-10-27(11-9-26)23(29)20-7-6-19(13-21(20)34(4,31)32)28-17(3)15-33-24(28)30/h6-7,12-14,17H,5,8-11,15H2,1-4H3/t17-/m1/s1. The molecule has 0 unspecified atom stereocenters. The molecule has 2 aromatic rings. The van der Waals surface area contributed by atoms with Gasteiger partial charge in [0.1, 0.15) is 12.4 Å². The van der Waals surface area contributed by atoms with E-state index in [0.717, 1.165) is 24.1 Å². The number of piperazine rings is 1.